The van der Waals surface area contributed by atoms with Crippen molar-refractivity contribution in [3.05, 3.63) is 107 Å². The quantitative estimate of drug-likeness (QED) is 0.295. The molecule has 0 saturated heterocycles. The molecule has 5 rings (SSSR count). The van der Waals surface area contributed by atoms with Crippen LogP contribution in [0.5, 0.6) is 0 Å². The average molecular weight is 521 g/mol. The fourth-order valence-corrected chi connectivity index (χ4v) is 4.64. The van der Waals surface area contributed by atoms with E-state index in [1.54, 1.807) is 36.5 Å². The highest BCUT2D eigenvalue weighted by atomic mass is 35.5. The van der Waals surface area contributed by atoms with Gasteiger partial charge >= 0.3 is 0 Å². The van der Waals surface area contributed by atoms with Crippen molar-refractivity contribution in [1.29, 1.82) is 0 Å². The Morgan fingerprint density at radius 3 is 2.31 bits per heavy atom. The highest BCUT2D eigenvalue weighted by Gasteiger charge is 2.19. The van der Waals surface area contributed by atoms with Crippen molar-refractivity contribution in [2.75, 3.05) is 4.72 Å². The van der Waals surface area contributed by atoms with Crippen molar-refractivity contribution < 1.29 is 17.2 Å². The fraction of sp³-hybridized carbons (Fsp3) is 0. The van der Waals surface area contributed by atoms with Gasteiger partial charge in [-0.15, -0.1) is 0 Å². The number of halogens is 3. The number of nitrogens with one attached hydrogen (secondary N) is 2. The van der Waals surface area contributed by atoms with Crippen LogP contribution in [0.25, 0.3) is 22.2 Å². The molecule has 0 spiro atoms. The van der Waals surface area contributed by atoms with Crippen LogP contribution < -0.4 is 4.72 Å². The molecule has 6 nitrogen and oxygen atoms in total. The summed E-state index contributed by atoms with van der Waals surface area (Å²) in [5, 5.41) is 7.83. The maximum absolute atomic E-state index is 15.1. The number of fused-ring (bicyclic) bond motifs is 1. The molecule has 0 aliphatic heterocycles. The number of sulfonamides is 1. The maximum Gasteiger partial charge on any atom is 0.261 e. The van der Waals surface area contributed by atoms with Crippen molar-refractivity contribution in [3.8, 4) is 23.0 Å². The molecule has 2 heterocycles. The topological polar surface area (TPSA) is 87.7 Å². The van der Waals surface area contributed by atoms with Crippen LogP contribution in [0.3, 0.4) is 0 Å². The number of pyridine rings is 1. The van der Waals surface area contributed by atoms with Gasteiger partial charge in [-0.3, -0.25) is 9.82 Å². The molecule has 0 fully saturated rings. The molecule has 0 radical (unpaired) electrons. The van der Waals surface area contributed by atoms with E-state index in [-0.39, 0.29) is 4.90 Å². The van der Waals surface area contributed by atoms with Gasteiger partial charge in [0.1, 0.15) is 5.82 Å². The van der Waals surface area contributed by atoms with Gasteiger partial charge in [-0.25, -0.2) is 22.2 Å². The number of hydrogen-bond acceptors (Lipinski definition) is 4. The van der Waals surface area contributed by atoms with Crippen LogP contribution >= 0.6 is 11.6 Å². The average Bonchev–Trinajstić information content (AvgIpc) is 3.34. The lowest BCUT2D eigenvalue weighted by atomic mass is 10.1. The molecule has 0 atom stereocenters. The summed E-state index contributed by atoms with van der Waals surface area (Å²) >= 11 is 5.91. The number of H-pyrrole nitrogens is 1. The molecule has 178 valence electrons. The predicted octanol–water partition coefficient (Wildman–Crippen LogP) is 5.76. The molecule has 0 unspecified atom stereocenters. The van der Waals surface area contributed by atoms with Gasteiger partial charge in [-0.1, -0.05) is 47.7 Å². The summed E-state index contributed by atoms with van der Waals surface area (Å²) in [7, 11) is -4.16. The summed E-state index contributed by atoms with van der Waals surface area (Å²) in [6.07, 6.45) is 2.98. The Hall–Kier alpha value is -4.26. The molecule has 2 aromatic heterocycles. The first kappa shape index (κ1) is 23.5. The molecule has 5 aromatic rings. The third-order valence-electron chi connectivity index (χ3n) is 5.30. The number of aromatic amines is 1. The van der Waals surface area contributed by atoms with Crippen molar-refractivity contribution in [2.24, 2.45) is 0 Å². The highest BCUT2D eigenvalue weighted by molar-refractivity contribution is 7.92. The van der Waals surface area contributed by atoms with Crippen molar-refractivity contribution in [3.63, 3.8) is 0 Å². The fourth-order valence-electron chi connectivity index (χ4n) is 3.46. The summed E-state index contributed by atoms with van der Waals surface area (Å²) in [6.45, 7) is 0. The molecular formula is C26H15ClF2N4O2S. The lowest BCUT2D eigenvalue weighted by molar-refractivity contribution is 0.578. The molecule has 0 saturated carbocycles. The van der Waals surface area contributed by atoms with E-state index in [2.05, 4.69) is 31.7 Å². The first-order valence-corrected chi connectivity index (χ1v) is 12.3. The molecule has 0 amide bonds. The third kappa shape index (κ3) is 4.77. The standard InChI is InChI=1S/C26H15ClF2N4O2S/c27-20-6-2-17(3-7-20)18-4-8-21(9-5-18)36(34,35)33-24-12-11-23(28)22(25(24)29)10-1-16-13-19-15-31-32-26(19)30-14-16/h2-9,11-15,33H,(H,30,31,32). The predicted molar refractivity (Wildman–Crippen MR) is 134 cm³/mol. The van der Waals surface area contributed by atoms with E-state index in [1.807, 2.05) is 12.1 Å². The van der Waals surface area contributed by atoms with Crippen LogP contribution in [0.4, 0.5) is 14.5 Å². The number of hydrogen-bond donors (Lipinski definition) is 2. The van der Waals surface area contributed by atoms with Crippen molar-refractivity contribution in [1.82, 2.24) is 15.2 Å². The lowest BCUT2D eigenvalue weighted by Gasteiger charge is -2.11. The van der Waals surface area contributed by atoms with E-state index in [0.29, 0.717) is 21.6 Å². The second-order valence-electron chi connectivity index (χ2n) is 7.70. The van der Waals surface area contributed by atoms with Crippen LogP contribution in [-0.2, 0) is 10.0 Å². The van der Waals surface area contributed by atoms with E-state index >= 15 is 4.39 Å². The highest BCUT2D eigenvalue weighted by Crippen LogP contribution is 2.26. The molecule has 3 aromatic carbocycles. The van der Waals surface area contributed by atoms with Crippen LogP contribution in [0.2, 0.25) is 5.02 Å². The first-order chi connectivity index (χ1) is 17.3. The van der Waals surface area contributed by atoms with Gasteiger partial charge in [0.25, 0.3) is 10.0 Å². The minimum absolute atomic E-state index is 0.0870. The monoisotopic (exact) mass is 520 g/mol. The van der Waals surface area contributed by atoms with Gasteiger partial charge in [0.15, 0.2) is 11.5 Å². The SMILES string of the molecule is O=S(=O)(Nc1ccc(F)c(C#Cc2cnc3[nH]ncc3c2)c1F)c1ccc(-c2ccc(Cl)cc2)cc1. The number of benzene rings is 3. The van der Waals surface area contributed by atoms with Crippen LogP contribution in [0, 0.1) is 23.5 Å². The second kappa shape index (κ2) is 9.41. The summed E-state index contributed by atoms with van der Waals surface area (Å²) in [4.78, 5) is 4.03. The van der Waals surface area contributed by atoms with Gasteiger partial charge in [-0.05, 0) is 53.6 Å². The van der Waals surface area contributed by atoms with E-state index in [1.165, 1.54) is 18.3 Å². The number of rotatable bonds is 4. The molecule has 0 aliphatic rings. The van der Waals surface area contributed by atoms with E-state index in [0.717, 1.165) is 23.3 Å². The first-order valence-electron chi connectivity index (χ1n) is 10.5. The maximum atomic E-state index is 15.1. The minimum atomic E-state index is -4.16. The Bertz CT molecular complexity index is 1760. The Kier molecular flexibility index (Phi) is 6.14. The van der Waals surface area contributed by atoms with E-state index < -0.39 is 32.9 Å². The van der Waals surface area contributed by atoms with Gasteiger partial charge in [0.2, 0.25) is 0 Å². The van der Waals surface area contributed by atoms with Crippen molar-refractivity contribution >= 4 is 38.3 Å². The Morgan fingerprint density at radius 1 is 0.889 bits per heavy atom. The van der Waals surface area contributed by atoms with Crippen LogP contribution in [-0.4, -0.2) is 23.6 Å². The molecule has 2 N–H and O–H groups in total. The molecular weight excluding hydrogens is 506 g/mol. The van der Waals surface area contributed by atoms with Crippen molar-refractivity contribution in [2.45, 2.75) is 4.90 Å². The molecule has 0 bridgehead atoms. The van der Waals surface area contributed by atoms with Gasteiger partial charge < -0.3 is 0 Å². The lowest BCUT2D eigenvalue weighted by Crippen LogP contribution is -2.14. The molecule has 10 heteroatoms. The van der Waals surface area contributed by atoms with Gasteiger partial charge in [0.05, 0.1) is 22.3 Å². The van der Waals surface area contributed by atoms with E-state index in [4.69, 9.17) is 11.6 Å². The van der Waals surface area contributed by atoms with E-state index in [9.17, 15) is 12.8 Å². The Balaban J connectivity index is 1.41. The Labute approximate surface area is 210 Å². The zero-order valence-electron chi connectivity index (χ0n) is 18.3. The number of anilines is 1. The Morgan fingerprint density at radius 2 is 1.58 bits per heavy atom. The zero-order valence-corrected chi connectivity index (χ0v) is 19.8. The second-order valence-corrected chi connectivity index (χ2v) is 9.82. The summed E-state index contributed by atoms with van der Waals surface area (Å²) < 4.78 is 57.4. The smallest absolute Gasteiger partial charge is 0.261 e. The summed E-state index contributed by atoms with van der Waals surface area (Å²) in [5.41, 5.74) is 1.60. The zero-order chi connectivity index (χ0) is 25.3. The normalized spacial score (nSPS) is 11.2. The largest absolute Gasteiger partial charge is 0.277 e. The molecule has 0 aliphatic carbocycles. The minimum Gasteiger partial charge on any atom is -0.277 e. The number of aromatic nitrogens is 3. The summed E-state index contributed by atoms with van der Waals surface area (Å²) in [6, 6.07) is 16.7. The number of nitrogens with zero attached hydrogens (tertiary/aromatic N) is 2. The van der Waals surface area contributed by atoms with Gasteiger partial charge in [0, 0.05) is 22.2 Å². The van der Waals surface area contributed by atoms with Crippen LogP contribution in [0.15, 0.2) is 84.0 Å². The summed E-state index contributed by atoms with van der Waals surface area (Å²) in [5.74, 6) is 3.04. The molecule has 36 heavy (non-hydrogen) atoms. The van der Waals surface area contributed by atoms with Gasteiger partial charge in [-0.2, -0.15) is 5.10 Å². The van der Waals surface area contributed by atoms with Crippen LogP contribution in [0.1, 0.15) is 11.1 Å². The third-order valence-corrected chi connectivity index (χ3v) is 6.93.